The quantitative estimate of drug-likeness (QED) is 0.913. The SMILES string of the molecule is O=c1[nH]c2ccccc2cc1CSC[C@H](O)C(F)(F)F. The molecule has 0 aliphatic heterocycles. The number of hydrogen-bond acceptors (Lipinski definition) is 3. The second-order valence-electron chi connectivity index (χ2n) is 4.28. The molecule has 2 aromatic rings. The van der Waals surface area contributed by atoms with Gasteiger partial charge in [-0.2, -0.15) is 24.9 Å². The van der Waals surface area contributed by atoms with Crippen molar-refractivity contribution in [3.05, 3.63) is 46.2 Å². The second kappa shape index (κ2) is 5.88. The summed E-state index contributed by atoms with van der Waals surface area (Å²) in [5, 5.41) is 9.69. The zero-order valence-electron chi connectivity index (χ0n) is 10.3. The van der Waals surface area contributed by atoms with E-state index in [-0.39, 0.29) is 11.3 Å². The summed E-state index contributed by atoms with van der Waals surface area (Å²) in [6, 6.07) is 8.81. The van der Waals surface area contributed by atoms with E-state index in [0.29, 0.717) is 11.1 Å². The first-order valence-electron chi connectivity index (χ1n) is 5.81. The molecule has 1 aromatic carbocycles. The molecular weight excluding hydrogens is 291 g/mol. The van der Waals surface area contributed by atoms with Gasteiger partial charge >= 0.3 is 6.18 Å². The highest BCUT2D eigenvalue weighted by molar-refractivity contribution is 7.98. The van der Waals surface area contributed by atoms with E-state index in [1.54, 1.807) is 18.2 Å². The van der Waals surface area contributed by atoms with E-state index in [2.05, 4.69) is 4.98 Å². The number of H-pyrrole nitrogens is 1. The fraction of sp³-hybridized carbons (Fsp3) is 0.308. The van der Waals surface area contributed by atoms with Crippen LogP contribution in [-0.2, 0) is 5.75 Å². The molecule has 1 aromatic heterocycles. The number of aliphatic hydroxyl groups excluding tert-OH is 1. The van der Waals surface area contributed by atoms with Crippen molar-refractivity contribution in [3.63, 3.8) is 0 Å². The average molecular weight is 303 g/mol. The first kappa shape index (κ1) is 14.9. The highest BCUT2D eigenvalue weighted by Crippen LogP contribution is 2.24. The average Bonchev–Trinajstić information content (AvgIpc) is 2.38. The normalized spacial score (nSPS) is 13.6. The Labute approximate surface area is 116 Å². The van der Waals surface area contributed by atoms with Gasteiger partial charge in [-0.25, -0.2) is 0 Å². The molecule has 0 fully saturated rings. The molecule has 1 atom stereocenters. The third-order valence-electron chi connectivity index (χ3n) is 2.74. The zero-order chi connectivity index (χ0) is 14.8. The Hall–Kier alpha value is -1.47. The summed E-state index contributed by atoms with van der Waals surface area (Å²) in [6.45, 7) is 0. The lowest BCUT2D eigenvalue weighted by atomic mass is 10.2. The number of nitrogens with one attached hydrogen (secondary N) is 1. The lowest BCUT2D eigenvalue weighted by Gasteiger charge is -2.13. The van der Waals surface area contributed by atoms with Crippen molar-refractivity contribution >= 4 is 22.7 Å². The number of aromatic nitrogens is 1. The van der Waals surface area contributed by atoms with Crippen LogP contribution < -0.4 is 5.56 Å². The Morgan fingerprint density at radius 2 is 2.00 bits per heavy atom. The maximum atomic E-state index is 12.1. The fourth-order valence-corrected chi connectivity index (χ4v) is 2.64. The maximum absolute atomic E-state index is 12.1. The van der Waals surface area contributed by atoms with Gasteiger partial charge in [0.1, 0.15) is 0 Å². The van der Waals surface area contributed by atoms with E-state index < -0.39 is 18.0 Å². The van der Waals surface area contributed by atoms with Crippen LogP contribution in [0.5, 0.6) is 0 Å². The Morgan fingerprint density at radius 3 is 2.70 bits per heavy atom. The predicted molar refractivity (Wildman–Crippen MR) is 72.8 cm³/mol. The zero-order valence-corrected chi connectivity index (χ0v) is 11.1. The van der Waals surface area contributed by atoms with Crippen molar-refractivity contribution in [2.75, 3.05) is 5.75 Å². The summed E-state index contributed by atoms with van der Waals surface area (Å²) in [6.07, 6.45) is -6.99. The minimum atomic E-state index is -4.62. The van der Waals surface area contributed by atoms with E-state index in [1.807, 2.05) is 12.1 Å². The van der Waals surface area contributed by atoms with Crippen LogP contribution in [0.15, 0.2) is 35.1 Å². The number of aliphatic hydroxyl groups is 1. The summed E-state index contributed by atoms with van der Waals surface area (Å²) in [7, 11) is 0. The van der Waals surface area contributed by atoms with Crippen molar-refractivity contribution in [1.29, 1.82) is 0 Å². The Morgan fingerprint density at radius 1 is 1.30 bits per heavy atom. The Balaban J connectivity index is 2.07. The highest BCUT2D eigenvalue weighted by Gasteiger charge is 2.37. The summed E-state index contributed by atoms with van der Waals surface area (Å²) in [4.78, 5) is 14.4. The second-order valence-corrected chi connectivity index (χ2v) is 5.31. The number of alkyl halides is 3. The van der Waals surface area contributed by atoms with Crippen molar-refractivity contribution in [1.82, 2.24) is 4.98 Å². The van der Waals surface area contributed by atoms with Crippen LogP contribution in [0.2, 0.25) is 0 Å². The molecule has 0 amide bonds. The molecule has 3 nitrogen and oxygen atoms in total. The van der Waals surface area contributed by atoms with E-state index in [4.69, 9.17) is 5.11 Å². The molecule has 0 saturated heterocycles. The first-order valence-corrected chi connectivity index (χ1v) is 6.97. The summed E-state index contributed by atoms with van der Waals surface area (Å²) in [5.41, 5.74) is 0.752. The predicted octanol–water partition coefficient (Wildman–Crippen LogP) is 2.68. The number of benzene rings is 1. The molecule has 0 spiro atoms. The van der Waals surface area contributed by atoms with Gasteiger partial charge in [-0.3, -0.25) is 4.79 Å². The number of hydrogen-bond donors (Lipinski definition) is 2. The Bertz CT molecular complexity index is 654. The van der Waals surface area contributed by atoms with Crippen molar-refractivity contribution in [3.8, 4) is 0 Å². The molecule has 108 valence electrons. The highest BCUT2D eigenvalue weighted by atomic mass is 32.2. The first-order chi connectivity index (χ1) is 9.38. The molecule has 2 rings (SSSR count). The lowest BCUT2D eigenvalue weighted by molar-refractivity contribution is -0.195. The van der Waals surface area contributed by atoms with Gasteiger partial charge in [0, 0.05) is 22.6 Å². The van der Waals surface area contributed by atoms with Gasteiger partial charge in [0.05, 0.1) is 0 Å². The standard InChI is InChI=1S/C13H12F3NO2S/c14-13(15,16)11(18)7-20-6-9-5-8-3-1-2-4-10(8)17-12(9)19/h1-5,11,18H,6-7H2,(H,17,19)/t11-/m0/s1. The smallest absolute Gasteiger partial charge is 0.383 e. The van der Waals surface area contributed by atoms with Crippen LogP contribution in [0.25, 0.3) is 10.9 Å². The van der Waals surface area contributed by atoms with E-state index >= 15 is 0 Å². The molecule has 20 heavy (non-hydrogen) atoms. The number of fused-ring (bicyclic) bond motifs is 1. The van der Waals surface area contributed by atoms with Crippen molar-refractivity contribution in [2.24, 2.45) is 0 Å². The monoisotopic (exact) mass is 303 g/mol. The molecule has 0 radical (unpaired) electrons. The van der Waals surface area contributed by atoms with Gasteiger partial charge < -0.3 is 10.1 Å². The van der Waals surface area contributed by atoms with Crippen LogP contribution >= 0.6 is 11.8 Å². The molecule has 0 saturated carbocycles. The van der Waals surface area contributed by atoms with Gasteiger partial charge in [-0.15, -0.1) is 0 Å². The summed E-state index contributed by atoms with van der Waals surface area (Å²) >= 11 is 0.874. The van der Waals surface area contributed by atoms with Crippen LogP contribution in [0.1, 0.15) is 5.56 Å². The molecule has 7 heteroatoms. The molecule has 0 aliphatic rings. The number of aromatic amines is 1. The summed E-state index contributed by atoms with van der Waals surface area (Å²) < 4.78 is 36.4. The maximum Gasteiger partial charge on any atom is 0.415 e. The van der Waals surface area contributed by atoms with E-state index in [0.717, 1.165) is 17.1 Å². The topological polar surface area (TPSA) is 53.1 Å². The van der Waals surface area contributed by atoms with Gasteiger partial charge in [0.25, 0.3) is 5.56 Å². The number of halogens is 3. The van der Waals surface area contributed by atoms with Crippen LogP contribution in [0, 0.1) is 0 Å². The van der Waals surface area contributed by atoms with Crippen LogP contribution in [0.3, 0.4) is 0 Å². The molecule has 0 bridgehead atoms. The third-order valence-corrected chi connectivity index (χ3v) is 3.81. The van der Waals surface area contributed by atoms with Gasteiger partial charge in [-0.1, -0.05) is 18.2 Å². The largest absolute Gasteiger partial charge is 0.415 e. The number of para-hydroxylation sites is 1. The third kappa shape index (κ3) is 3.55. The number of thioether (sulfide) groups is 1. The summed E-state index contributed by atoms with van der Waals surface area (Å²) in [5.74, 6) is -0.372. The van der Waals surface area contributed by atoms with Gasteiger partial charge in [0.15, 0.2) is 6.10 Å². The number of rotatable bonds is 4. The number of pyridine rings is 1. The Kier molecular flexibility index (Phi) is 4.39. The molecule has 2 N–H and O–H groups in total. The van der Waals surface area contributed by atoms with Crippen LogP contribution in [0.4, 0.5) is 13.2 Å². The van der Waals surface area contributed by atoms with Gasteiger partial charge in [-0.05, 0) is 17.5 Å². The lowest BCUT2D eigenvalue weighted by Crippen LogP contribution is -2.30. The van der Waals surface area contributed by atoms with E-state index in [1.165, 1.54) is 0 Å². The van der Waals surface area contributed by atoms with Gasteiger partial charge in [0.2, 0.25) is 0 Å². The molecule has 0 unspecified atom stereocenters. The molecular formula is C13H12F3NO2S. The minimum Gasteiger partial charge on any atom is -0.383 e. The van der Waals surface area contributed by atoms with Crippen LogP contribution in [-0.4, -0.2) is 28.1 Å². The minimum absolute atomic E-state index is 0.118. The van der Waals surface area contributed by atoms with Crippen molar-refractivity contribution in [2.45, 2.75) is 18.0 Å². The fourth-order valence-electron chi connectivity index (χ4n) is 1.67. The van der Waals surface area contributed by atoms with E-state index in [9.17, 15) is 18.0 Å². The van der Waals surface area contributed by atoms with Crippen molar-refractivity contribution < 1.29 is 18.3 Å². The molecule has 1 heterocycles. The molecule has 0 aliphatic carbocycles.